The van der Waals surface area contributed by atoms with Crippen LogP contribution in [0.15, 0.2) is 70.4 Å². The van der Waals surface area contributed by atoms with Crippen molar-refractivity contribution in [1.29, 1.82) is 0 Å². The number of pyridine rings is 1. The van der Waals surface area contributed by atoms with Gasteiger partial charge in [0.15, 0.2) is 17.1 Å². The molecule has 1 aliphatic heterocycles. The quantitative estimate of drug-likeness (QED) is 0.176. The molecule has 1 aliphatic rings. The smallest absolute Gasteiger partial charge is 0.290 e. The maximum atomic E-state index is 14.1. The number of fused-ring (bicyclic) bond motifs is 1. The van der Waals surface area contributed by atoms with Crippen LogP contribution in [0.25, 0.3) is 22.2 Å². The highest BCUT2D eigenvalue weighted by molar-refractivity contribution is 8.18. The number of H-pyrrole nitrogens is 1. The molecule has 0 unspecified atom stereocenters. The lowest BCUT2D eigenvalue weighted by Crippen LogP contribution is -2.17. The first-order valence-electron chi connectivity index (χ1n) is 12.4. The van der Waals surface area contributed by atoms with Gasteiger partial charge in [0.05, 0.1) is 22.2 Å². The first-order chi connectivity index (χ1) is 19.2. The van der Waals surface area contributed by atoms with Gasteiger partial charge >= 0.3 is 0 Å². The van der Waals surface area contributed by atoms with Gasteiger partial charge in [0.1, 0.15) is 5.75 Å². The van der Waals surface area contributed by atoms with Crippen molar-refractivity contribution in [1.82, 2.24) is 10.3 Å². The summed E-state index contributed by atoms with van der Waals surface area (Å²) in [5.41, 5.74) is 3.50. The van der Waals surface area contributed by atoms with E-state index in [0.29, 0.717) is 62.7 Å². The molecule has 4 aromatic rings. The number of thioether (sulfide) groups is 1. The lowest BCUT2D eigenvalue weighted by molar-refractivity contribution is -0.115. The summed E-state index contributed by atoms with van der Waals surface area (Å²) in [4.78, 5) is 40.0. The minimum absolute atomic E-state index is 0.180. The van der Waals surface area contributed by atoms with Crippen molar-refractivity contribution < 1.29 is 23.1 Å². The van der Waals surface area contributed by atoms with Crippen molar-refractivity contribution in [3.05, 3.63) is 109 Å². The van der Waals surface area contributed by atoms with Crippen molar-refractivity contribution in [3.63, 3.8) is 0 Å². The molecule has 2 amide bonds. The molecule has 40 heavy (non-hydrogen) atoms. The largest absolute Gasteiger partial charge is 0.492 e. The Bertz CT molecular complexity index is 1750. The molecule has 1 saturated heterocycles. The number of rotatable bonds is 8. The van der Waals surface area contributed by atoms with E-state index >= 15 is 0 Å². The van der Waals surface area contributed by atoms with Crippen LogP contribution in [0.3, 0.4) is 0 Å². The zero-order valence-electron chi connectivity index (χ0n) is 21.3. The van der Waals surface area contributed by atoms with Crippen LogP contribution in [0, 0.1) is 18.6 Å². The van der Waals surface area contributed by atoms with E-state index in [1.165, 1.54) is 6.07 Å². The zero-order valence-corrected chi connectivity index (χ0v) is 22.8. The minimum atomic E-state index is -0.995. The Kier molecular flexibility index (Phi) is 8.04. The van der Waals surface area contributed by atoms with Crippen LogP contribution in [0.2, 0.25) is 5.02 Å². The van der Waals surface area contributed by atoms with E-state index in [2.05, 4.69) is 10.3 Å². The minimum Gasteiger partial charge on any atom is -0.492 e. The fourth-order valence-electron chi connectivity index (χ4n) is 4.47. The second kappa shape index (κ2) is 11.7. The SMILES string of the molecule is Cc1ccc2c(=O)c(CCCOc3ccc(CC=C4SC(=O)NC4=O)cc3Cl)c(-c3ccc(F)c(F)c3)[nH]c2c1. The van der Waals surface area contributed by atoms with Gasteiger partial charge in [-0.3, -0.25) is 19.7 Å². The molecule has 2 N–H and O–H groups in total. The summed E-state index contributed by atoms with van der Waals surface area (Å²) in [6, 6.07) is 14.3. The number of halogens is 3. The van der Waals surface area contributed by atoms with Crippen LogP contribution in [-0.2, 0) is 17.6 Å². The summed E-state index contributed by atoms with van der Waals surface area (Å²) in [6.07, 6.45) is 2.88. The van der Waals surface area contributed by atoms with Crippen LogP contribution < -0.4 is 15.5 Å². The van der Waals surface area contributed by atoms with Gasteiger partial charge in [0, 0.05) is 22.0 Å². The normalized spacial score (nSPS) is 14.2. The van der Waals surface area contributed by atoms with Crippen molar-refractivity contribution in [3.8, 4) is 17.0 Å². The Morgan fingerprint density at radius 1 is 1.00 bits per heavy atom. The number of amides is 2. The summed E-state index contributed by atoms with van der Waals surface area (Å²) >= 11 is 7.26. The second-order valence-electron chi connectivity index (χ2n) is 9.32. The van der Waals surface area contributed by atoms with Crippen LogP contribution in [0.4, 0.5) is 13.6 Å². The zero-order chi connectivity index (χ0) is 28.4. The lowest BCUT2D eigenvalue weighted by atomic mass is 9.98. The molecule has 10 heteroatoms. The summed E-state index contributed by atoms with van der Waals surface area (Å²) < 4.78 is 33.5. The number of aryl methyl sites for hydroxylation is 1. The maximum Gasteiger partial charge on any atom is 0.290 e. The first-order valence-corrected chi connectivity index (χ1v) is 13.6. The topological polar surface area (TPSA) is 88.3 Å². The van der Waals surface area contributed by atoms with Crippen LogP contribution in [0.5, 0.6) is 5.75 Å². The molecule has 0 aliphatic carbocycles. The van der Waals surface area contributed by atoms with E-state index in [9.17, 15) is 23.2 Å². The highest BCUT2D eigenvalue weighted by Crippen LogP contribution is 2.29. The van der Waals surface area contributed by atoms with Crippen LogP contribution >= 0.6 is 23.4 Å². The number of carbonyl (C=O) groups is 2. The fraction of sp³-hybridized carbons (Fsp3) is 0.167. The molecule has 204 valence electrons. The van der Waals surface area contributed by atoms with Crippen LogP contribution in [0.1, 0.15) is 23.1 Å². The van der Waals surface area contributed by atoms with Gasteiger partial charge in [-0.25, -0.2) is 8.78 Å². The van der Waals surface area contributed by atoms with Gasteiger partial charge in [-0.2, -0.15) is 0 Å². The molecule has 0 atom stereocenters. The molecule has 5 rings (SSSR count). The Balaban J connectivity index is 1.31. The monoisotopic (exact) mass is 580 g/mol. The molecule has 1 fully saturated rings. The fourth-order valence-corrected chi connectivity index (χ4v) is 5.38. The highest BCUT2D eigenvalue weighted by Gasteiger charge is 2.24. The molecule has 0 saturated carbocycles. The number of ether oxygens (including phenoxy) is 1. The molecule has 1 aromatic heterocycles. The average Bonchev–Trinajstić information content (AvgIpc) is 3.25. The third-order valence-corrected chi connectivity index (χ3v) is 7.61. The van der Waals surface area contributed by atoms with Crippen molar-refractivity contribution in [2.75, 3.05) is 6.61 Å². The Labute approximate surface area is 237 Å². The molecule has 3 aromatic carbocycles. The average molecular weight is 581 g/mol. The van der Waals surface area contributed by atoms with E-state index in [4.69, 9.17) is 16.3 Å². The number of carbonyl (C=O) groups excluding carboxylic acids is 2. The summed E-state index contributed by atoms with van der Waals surface area (Å²) in [5, 5.41) is 2.72. The third kappa shape index (κ3) is 5.95. The van der Waals surface area contributed by atoms with E-state index in [1.54, 1.807) is 24.3 Å². The van der Waals surface area contributed by atoms with E-state index in [1.807, 2.05) is 25.1 Å². The molecule has 0 bridgehead atoms. The number of hydrogen-bond donors (Lipinski definition) is 2. The van der Waals surface area contributed by atoms with E-state index in [-0.39, 0.29) is 12.0 Å². The van der Waals surface area contributed by atoms with Crippen molar-refractivity contribution in [2.45, 2.75) is 26.2 Å². The predicted octanol–water partition coefficient (Wildman–Crippen LogP) is 6.86. The first kappa shape index (κ1) is 27.6. The van der Waals surface area contributed by atoms with Gasteiger partial charge < -0.3 is 9.72 Å². The number of hydrogen-bond acceptors (Lipinski definition) is 5. The maximum absolute atomic E-state index is 14.1. The van der Waals surface area contributed by atoms with Gasteiger partial charge in [-0.15, -0.1) is 0 Å². The molecule has 6 nitrogen and oxygen atoms in total. The molecular formula is C30H23ClF2N2O4S. The number of allylic oxidation sites excluding steroid dienone is 1. The molecule has 2 heterocycles. The summed E-state index contributed by atoms with van der Waals surface area (Å²) in [5.74, 6) is -1.90. The number of imide groups is 1. The number of aromatic amines is 1. The number of nitrogens with one attached hydrogen (secondary N) is 2. The number of aromatic nitrogens is 1. The van der Waals surface area contributed by atoms with Gasteiger partial charge in [-0.05, 0) is 91.5 Å². The number of benzene rings is 3. The van der Waals surface area contributed by atoms with Crippen molar-refractivity contribution in [2.24, 2.45) is 0 Å². The Hall–Kier alpha value is -3.95. The highest BCUT2D eigenvalue weighted by atomic mass is 35.5. The standard InChI is InChI=1S/C30H23ClF2N2O4S/c1-16-4-8-19-24(13-16)34-27(18-7-9-22(32)23(33)15-18)20(28(19)36)3-2-12-39-25-10-5-17(14-21(25)31)6-11-26-29(37)35-30(38)40-26/h4-5,7-11,13-15H,2-3,6,12H2,1H3,(H,34,36)(H,35,37,38). The van der Waals surface area contributed by atoms with Crippen LogP contribution in [-0.4, -0.2) is 22.7 Å². The lowest BCUT2D eigenvalue weighted by Gasteiger charge is -2.13. The molecule has 0 radical (unpaired) electrons. The second-order valence-corrected chi connectivity index (χ2v) is 10.7. The van der Waals surface area contributed by atoms with Gasteiger partial charge in [0.25, 0.3) is 11.1 Å². The summed E-state index contributed by atoms with van der Waals surface area (Å²) in [6.45, 7) is 2.16. The van der Waals surface area contributed by atoms with E-state index < -0.39 is 22.8 Å². The Morgan fingerprint density at radius 3 is 2.55 bits per heavy atom. The predicted molar refractivity (Wildman–Crippen MR) is 153 cm³/mol. The van der Waals surface area contributed by atoms with Gasteiger partial charge in [-0.1, -0.05) is 29.8 Å². The molecule has 0 spiro atoms. The van der Waals surface area contributed by atoms with Gasteiger partial charge in [0.2, 0.25) is 0 Å². The third-order valence-electron chi connectivity index (χ3n) is 6.45. The molecular weight excluding hydrogens is 558 g/mol. The Morgan fingerprint density at radius 2 is 1.82 bits per heavy atom. The van der Waals surface area contributed by atoms with E-state index in [0.717, 1.165) is 35.0 Å². The van der Waals surface area contributed by atoms with Crippen molar-refractivity contribution >= 4 is 45.4 Å². The summed E-state index contributed by atoms with van der Waals surface area (Å²) in [7, 11) is 0.